The molecule has 0 spiro atoms. The van der Waals surface area contributed by atoms with E-state index in [2.05, 4.69) is 35.0 Å². The van der Waals surface area contributed by atoms with Gasteiger partial charge in [-0.3, -0.25) is 19.4 Å². The maximum Gasteiger partial charge on any atom is 0.408 e. The summed E-state index contributed by atoms with van der Waals surface area (Å²) < 4.78 is 28.6. The van der Waals surface area contributed by atoms with Gasteiger partial charge < -0.3 is 43.9 Å². The average molecular weight is 971 g/mol. The number of alkyl carbamates (subject to hydrolysis) is 1. The molecule has 2 unspecified atom stereocenters. The monoisotopic (exact) mass is 970 g/mol. The maximum atomic E-state index is 13.3. The minimum absolute atomic E-state index is 0.112. The lowest BCUT2D eigenvalue weighted by Gasteiger charge is -2.40. The summed E-state index contributed by atoms with van der Waals surface area (Å²) in [4.78, 5) is 71.4. The van der Waals surface area contributed by atoms with Crippen molar-refractivity contribution < 1.29 is 47.0 Å². The lowest BCUT2D eigenvalue weighted by Crippen LogP contribution is -2.60. The Labute approximate surface area is 414 Å². The molecule has 8 rings (SSSR count). The first-order valence-electron chi connectivity index (χ1n) is 24.3. The minimum Gasteiger partial charge on any atom is -0.461 e. The number of aryl methyl sites for hydroxylation is 2. The van der Waals surface area contributed by atoms with Crippen LogP contribution in [0.1, 0.15) is 68.4 Å². The highest BCUT2D eigenvalue weighted by Gasteiger charge is 2.38. The molecule has 2 aliphatic rings. The molecule has 4 aromatic carbocycles. The molecule has 0 radical (unpaired) electrons. The Morgan fingerprint density at radius 2 is 1.03 bits per heavy atom. The van der Waals surface area contributed by atoms with E-state index in [1.54, 1.807) is 25.7 Å². The second-order valence-corrected chi connectivity index (χ2v) is 18.6. The van der Waals surface area contributed by atoms with Crippen molar-refractivity contribution in [3.05, 3.63) is 143 Å². The molecule has 2 saturated heterocycles. The predicted octanol–water partition coefficient (Wildman–Crippen LogP) is 6.99. The largest absolute Gasteiger partial charge is 0.461 e. The number of nitrogens with two attached hydrogens (primary N) is 1. The molecule has 2 aromatic heterocycles. The van der Waals surface area contributed by atoms with E-state index < -0.39 is 35.7 Å². The Morgan fingerprint density at radius 1 is 0.606 bits per heavy atom. The van der Waals surface area contributed by atoms with Crippen LogP contribution in [0.15, 0.2) is 118 Å². The Hall–Kier alpha value is -7.01. The highest BCUT2D eigenvalue weighted by molar-refractivity contribution is 5.88. The van der Waals surface area contributed by atoms with E-state index in [1.807, 2.05) is 103 Å². The summed E-state index contributed by atoms with van der Waals surface area (Å²) in [6.07, 6.45) is 0.858. The summed E-state index contributed by atoms with van der Waals surface area (Å²) in [5.41, 5.74) is 10.6. The summed E-state index contributed by atoms with van der Waals surface area (Å²) in [5, 5.41) is 4.65. The number of furan rings is 2. The SMILES string of the molecule is CCc1oc2ccccc2c1CN1CCN(C(=O)CN)C(C(=O)OCc2ccccc2)C1.CCc1oc2ccccc2c1CN1CCN(C(=O)CNC(=O)OC(C)(C)C)C(C(=O)OCc2ccccc2)C1. The van der Waals surface area contributed by atoms with Gasteiger partial charge in [0.05, 0.1) is 6.54 Å². The summed E-state index contributed by atoms with van der Waals surface area (Å²) in [7, 11) is 0. The number of esters is 2. The van der Waals surface area contributed by atoms with Crippen LogP contribution in [-0.4, -0.2) is 119 Å². The fourth-order valence-electron chi connectivity index (χ4n) is 8.96. The molecular weight excluding hydrogens is 905 g/mol. The lowest BCUT2D eigenvalue weighted by atomic mass is 10.1. The minimum atomic E-state index is -0.821. The quantitative estimate of drug-likeness (QED) is 0.0792. The van der Waals surface area contributed by atoms with Crippen LogP contribution in [0.2, 0.25) is 0 Å². The third kappa shape index (κ3) is 13.7. The summed E-state index contributed by atoms with van der Waals surface area (Å²) in [5.74, 6) is 0.365. The molecule has 0 aliphatic carbocycles. The van der Waals surface area contributed by atoms with E-state index in [4.69, 9.17) is 28.8 Å². The molecule has 16 heteroatoms. The number of para-hydroxylation sites is 2. The molecule has 0 saturated carbocycles. The first kappa shape index (κ1) is 51.8. The van der Waals surface area contributed by atoms with Crippen molar-refractivity contribution in [2.24, 2.45) is 5.73 Å². The van der Waals surface area contributed by atoms with Crippen molar-refractivity contribution >= 4 is 51.8 Å². The van der Waals surface area contributed by atoms with Gasteiger partial charge >= 0.3 is 18.0 Å². The highest BCUT2D eigenvalue weighted by atomic mass is 16.6. The topological polar surface area (TPSA) is 190 Å². The second-order valence-electron chi connectivity index (χ2n) is 18.6. The first-order chi connectivity index (χ1) is 34.2. The number of nitrogens with one attached hydrogen (secondary N) is 1. The second kappa shape index (κ2) is 24.2. The van der Waals surface area contributed by atoms with Crippen LogP contribution in [0.3, 0.4) is 0 Å². The molecule has 16 nitrogen and oxygen atoms in total. The predicted molar refractivity (Wildman–Crippen MR) is 269 cm³/mol. The number of carbonyl (C=O) groups is 5. The fourth-order valence-corrected chi connectivity index (χ4v) is 8.96. The van der Waals surface area contributed by atoms with Gasteiger partial charge in [-0.15, -0.1) is 0 Å². The van der Waals surface area contributed by atoms with E-state index in [0.717, 1.165) is 68.6 Å². The van der Waals surface area contributed by atoms with Crippen LogP contribution in [0, 0.1) is 0 Å². The van der Waals surface area contributed by atoms with Crippen LogP contribution >= 0.6 is 0 Å². The fraction of sp³-hybridized carbons (Fsp3) is 0.400. The number of piperazine rings is 2. The van der Waals surface area contributed by atoms with Crippen LogP contribution < -0.4 is 11.1 Å². The first-order valence-corrected chi connectivity index (χ1v) is 24.3. The third-order valence-corrected chi connectivity index (χ3v) is 12.5. The van der Waals surface area contributed by atoms with Gasteiger partial charge in [0, 0.05) is 87.1 Å². The smallest absolute Gasteiger partial charge is 0.408 e. The van der Waals surface area contributed by atoms with Gasteiger partial charge in [0.15, 0.2) is 0 Å². The van der Waals surface area contributed by atoms with E-state index in [0.29, 0.717) is 52.4 Å². The summed E-state index contributed by atoms with van der Waals surface area (Å²) in [6.45, 7) is 13.1. The molecule has 2 atom stereocenters. The molecule has 3 amide bonds. The van der Waals surface area contributed by atoms with Gasteiger partial charge in [-0.1, -0.05) is 111 Å². The van der Waals surface area contributed by atoms with Gasteiger partial charge in [-0.25, -0.2) is 14.4 Å². The zero-order valence-electron chi connectivity index (χ0n) is 41.4. The zero-order valence-corrected chi connectivity index (χ0v) is 41.4. The van der Waals surface area contributed by atoms with E-state index in [1.165, 1.54) is 4.90 Å². The van der Waals surface area contributed by atoms with Crippen LogP contribution in [0.4, 0.5) is 4.79 Å². The molecule has 3 N–H and O–H groups in total. The summed E-state index contributed by atoms with van der Waals surface area (Å²) >= 11 is 0. The summed E-state index contributed by atoms with van der Waals surface area (Å²) in [6, 6.07) is 33.3. The van der Waals surface area contributed by atoms with Crippen molar-refractivity contribution in [2.45, 2.75) is 91.4 Å². The van der Waals surface area contributed by atoms with Gasteiger partial charge in [-0.05, 0) is 44.0 Å². The molecule has 6 aromatic rings. The number of nitrogens with zero attached hydrogens (tertiary/aromatic N) is 4. The molecule has 0 bridgehead atoms. The van der Waals surface area contributed by atoms with E-state index in [-0.39, 0.29) is 38.1 Å². The number of hydrogen-bond acceptors (Lipinski definition) is 13. The van der Waals surface area contributed by atoms with Crippen molar-refractivity contribution in [1.82, 2.24) is 24.9 Å². The Morgan fingerprint density at radius 3 is 1.45 bits per heavy atom. The Bertz CT molecular complexity index is 2750. The van der Waals surface area contributed by atoms with Crippen molar-refractivity contribution in [3.63, 3.8) is 0 Å². The molecule has 376 valence electrons. The van der Waals surface area contributed by atoms with Gasteiger partial charge in [-0.2, -0.15) is 0 Å². The number of benzene rings is 4. The van der Waals surface area contributed by atoms with E-state index >= 15 is 0 Å². The van der Waals surface area contributed by atoms with Gasteiger partial charge in [0.2, 0.25) is 11.8 Å². The molecule has 71 heavy (non-hydrogen) atoms. The van der Waals surface area contributed by atoms with Gasteiger partial charge in [0.25, 0.3) is 0 Å². The van der Waals surface area contributed by atoms with Crippen LogP contribution in [0.25, 0.3) is 21.9 Å². The zero-order chi connectivity index (χ0) is 50.5. The molecule has 4 heterocycles. The maximum absolute atomic E-state index is 13.3. The van der Waals surface area contributed by atoms with E-state index in [9.17, 15) is 24.0 Å². The molecular formula is C55H66N6O10. The van der Waals surface area contributed by atoms with Crippen molar-refractivity contribution in [3.8, 4) is 0 Å². The highest BCUT2D eigenvalue weighted by Crippen LogP contribution is 2.30. The average Bonchev–Trinajstić information content (AvgIpc) is 3.93. The van der Waals surface area contributed by atoms with Gasteiger partial charge in [0.1, 0.15) is 60.1 Å². The third-order valence-electron chi connectivity index (χ3n) is 12.5. The number of fused-ring (bicyclic) bond motifs is 2. The molecule has 2 fully saturated rings. The normalized spacial score (nSPS) is 16.5. The number of ether oxygens (including phenoxy) is 3. The molecule has 2 aliphatic heterocycles. The Kier molecular flexibility index (Phi) is 17.7. The van der Waals surface area contributed by atoms with Crippen molar-refractivity contribution in [1.29, 1.82) is 0 Å². The number of hydrogen-bond donors (Lipinski definition) is 2. The Balaban J connectivity index is 0.000000213. The van der Waals surface area contributed by atoms with Crippen LogP contribution in [-0.2, 0) is 72.5 Å². The van der Waals surface area contributed by atoms with Crippen LogP contribution in [0.5, 0.6) is 0 Å². The number of amides is 3. The number of carbonyl (C=O) groups excluding carboxylic acids is 5. The lowest BCUT2D eigenvalue weighted by molar-refractivity contribution is -0.159. The van der Waals surface area contributed by atoms with Crippen molar-refractivity contribution in [2.75, 3.05) is 52.4 Å². The standard InChI is InChI=1S/C30H37N3O6.C25H29N3O4/c1-5-25-23(22-13-9-10-14-26(22)38-25)18-32-15-16-33(27(34)17-31-29(36)39-30(2,3)4)24(19-32)28(35)37-20-21-11-7-6-8-12-21;1-2-22-20(19-10-6-7-11-23(19)32-22)15-27-12-13-28(24(29)14-26)21(16-27)25(30)31-17-18-8-4-3-5-9-18/h6-14,24H,5,15-20H2,1-4H3,(H,31,36);3-11,21H,2,12-17,26H2,1H3. The number of rotatable bonds is 15.